The molecular formula is C10H15N3O4S. The number of aliphatic carboxylic acids is 1. The van der Waals surface area contributed by atoms with Crippen LogP contribution in [0.15, 0.2) is 17.3 Å². The molecule has 8 heteroatoms. The van der Waals surface area contributed by atoms with E-state index in [1.165, 1.54) is 21.3 Å². The zero-order valence-corrected chi connectivity index (χ0v) is 11.0. The lowest BCUT2D eigenvalue weighted by molar-refractivity contribution is -0.144. The van der Waals surface area contributed by atoms with Crippen LogP contribution in [0.4, 0.5) is 0 Å². The summed E-state index contributed by atoms with van der Waals surface area (Å²) in [6.45, 7) is 2.10. The van der Waals surface area contributed by atoms with Gasteiger partial charge in [0.25, 0.3) is 10.0 Å². The summed E-state index contributed by atoms with van der Waals surface area (Å²) >= 11 is 0. The number of carboxylic acid groups (broad SMARTS) is 1. The van der Waals surface area contributed by atoms with Crippen LogP contribution in [0.2, 0.25) is 0 Å². The third-order valence-electron chi connectivity index (χ3n) is 3.35. The van der Waals surface area contributed by atoms with Crippen LogP contribution in [-0.2, 0) is 21.9 Å². The number of hydrogen-bond donors (Lipinski definition) is 1. The van der Waals surface area contributed by atoms with Crippen molar-refractivity contribution in [2.45, 2.75) is 11.9 Å². The summed E-state index contributed by atoms with van der Waals surface area (Å²) in [5.41, 5.74) is 0. The molecule has 1 aromatic heterocycles. The van der Waals surface area contributed by atoms with Gasteiger partial charge in [-0.25, -0.2) is 8.42 Å². The van der Waals surface area contributed by atoms with Crippen LogP contribution in [-0.4, -0.2) is 46.7 Å². The summed E-state index contributed by atoms with van der Waals surface area (Å²) in [5, 5.41) is 12.8. The van der Waals surface area contributed by atoms with Crippen LogP contribution in [0.3, 0.4) is 0 Å². The first kappa shape index (κ1) is 13.0. The average Bonchev–Trinajstić information content (AvgIpc) is 2.61. The van der Waals surface area contributed by atoms with Crippen LogP contribution in [0.25, 0.3) is 0 Å². The number of hydrogen-bond acceptors (Lipinski definition) is 4. The van der Waals surface area contributed by atoms with Gasteiger partial charge in [0, 0.05) is 20.1 Å². The molecule has 0 bridgehead atoms. The number of aromatic nitrogens is 2. The number of carbonyl (C=O) groups is 1. The van der Waals surface area contributed by atoms with Crippen molar-refractivity contribution in [1.29, 1.82) is 0 Å². The minimum Gasteiger partial charge on any atom is -0.481 e. The predicted octanol–water partition coefficient (Wildman–Crippen LogP) is -0.239. The third-order valence-corrected chi connectivity index (χ3v) is 5.26. The predicted molar refractivity (Wildman–Crippen MR) is 62.3 cm³/mol. The summed E-state index contributed by atoms with van der Waals surface area (Å²) in [6, 6.07) is 1.43. The van der Waals surface area contributed by atoms with Gasteiger partial charge < -0.3 is 5.11 Å². The van der Waals surface area contributed by atoms with Crippen LogP contribution in [0.5, 0.6) is 0 Å². The summed E-state index contributed by atoms with van der Waals surface area (Å²) < 4.78 is 26.9. The van der Waals surface area contributed by atoms with Crippen LogP contribution < -0.4 is 0 Å². The zero-order valence-electron chi connectivity index (χ0n) is 10.1. The Morgan fingerprint density at radius 3 is 2.61 bits per heavy atom. The Morgan fingerprint density at radius 2 is 2.17 bits per heavy atom. The molecule has 1 aliphatic heterocycles. The molecule has 0 aliphatic carbocycles. The summed E-state index contributed by atoms with van der Waals surface area (Å²) in [7, 11) is -1.98. The van der Waals surface area contributed by atoms with Gasteiger partial charge in [-0.15, -0.1) is 0 Å². The van der Waals surface area contributed by atoms with Gasteiger partial charge in [-0.3, -0.25) is 9.48 Å². The van der Waals surface area contributed by atoms with E-state index in [4.69, 9.17) is 5.11 Å². The molecule has 0 radical (unpaired) electrons. The molecule has 7 nitrogen and oxygen atoms in total. The fourth-order valence-corrected chi connectivity index (χ4v) is 3.58. The second kappa shape index (κ2) is 4.36. The quantitative estimate of drug-likeness (QED) is 0.817. The van der Waals surface area contributed by atoms with Crippen molar-refractivity contribution in [3.05, 3.63) is 12.3 Å². The van der Waals surface area contributed by atoms with Gasteiger partial charge in [0.1, 0.15) is 0 Å². The number of rotatable bonds is 4. The largest absolute Gasteiger partial charge is 0.481 e. The molecule has 0 aromatic carbocycles. The lowest BCUT2D eigenvalue weighted by Gasteiger charge is -2.39. The lowest BCUT2D eigenvalue weighted by atomic mass is 9.89. The molecule has 1 fully saturated rings. The molecule has 0 amide bonds. The first-order valence-electron chi connectivity index (χ1n) is 5.55. The van der Waals surface area contributed by atoms with Gasteiger partial charge in [-0.2, -0.15) is 9.40 Å². The lowest BCUT2D eigenvalue weighted by Crippen LogP contribution is -2.53. The van der Waals surface area contributed by atoms with Crippen molar-refractivity contribution in [1.82, 2.24) is 14.1 Å². The Bertz CT molecular complexity index is 559. The molecule has 100 valence electrons. The minimum atomic E-state index is -3.54. The Hall–Kier alpha value is -1.41. The highest BCUT2D eigenvalue weighted by molar-refractivity contribution is 7.89. The van der Waals surface area contributed by atoms with Crippen molar-refractivity contribution >= 4 is 16.0 Å². The van der Waals surface area contributed by atoms with Gasteiger partial charge in [0.2, 0.25) is 0 Å². The minimum absolute atomic E-state index is 0.120. The smallest absolute Gasteiger partial charge is 0.306 e. The summed E-state index contributed by atoms with van der Waals surface area (Å²) in [4.78, 5) is 10.8. The van der Waals surface area contributed by atoms with Crippen molar-refractivity contribution < 1.29 is 18.3 Å². The Balaban J connectivity index is 2.09. The number of sulfonamides is 1. The van der Waals surface area contributed by atoms with Crippen molar-refractivity contribution in [2.24, 2.45) is 18.9 Å². The third kappa shape index (κ3) is 2.01. The Kier molecular flexibility index (Phi) is 3.16. The molecule has 1 N–H and O–H groups in total. The maximum absolute atomic E-state index is 12.2. The molecule has 1 saturated heterocycles. The van der Waals surface area contributed by atoms with Gasteiger partial charge in [0.05, 0.1) is 12.1 Å². The van der Waals surface area contributed by atoms with E-state index in [0.29, 0.717) is 0 Å². The van der Waals surface area contributed by atoms with Crippen LogP contribution >= 0.6 is 0 Å². The van der Waals surface area contributed by atoms with E-state index < -0.39 is 21.9 Å². The Morgan fingerprint density at radius 1 is 1.56 bits per heavy atom. The molecule has 1 atom stereocenters. The zero-order chi connectivity index (χ0) is 13.5. The molecule has 2 heterocycles. The van der Waals surface area contributed by atoms with Gasteiger partial charge in [-0.05, 0) is 12.0 Å². The van der Waals surface area contributed by atoms with E-state index in [1.807, 2.05) is 0 Å². The van der Waals surface area contributed by atoms with Crippen LogP contribution in [0.1, 0.15) is 6.92 Å². The van der Waals surface area contributed by atoms with E-state index in [2.05, 4.69) is 5.10 Å². The maximum Gasteiger partial charge on any atom is 0.306 e. The molecule has 0 saturated carbocycles. The standard InChI is InChI=1S/C10H15N3O4S/c1-7(10(14)15)8-5-13(6-8)18(16,17)9-3-4-11-12(9)2/h3-4,7-8H,5-6H2,1-2H3,(H,14,15). The first-order chi connectivity index (χ1) is 8.34. The van der Waals surface area contributed by atoms with Gasteiger partial charge in [-0.1, -0.05) is 6.92 Å². The summed E-state index contributed by atoms with van der Waals surface area (Å²) in [5.74, 6) is -1.54. The normalized spacial score (nSPS) is 19.4. The number of nitrogens with zero attached hydrogens (tertiary/aromatic N) is 3. The highest BCUT2D eigenvalue weighted by atomic mass is 32.2. The van der Waals surface area contributed by atoms with Crippen molar-refractivity contribution in [3.8, 4) is 0 Å². The van der Waals surface area contributed by atoms with E-state index in [1.54, 1.807) is 14.0 Å². The van der Waals surface area contributed by atoms with Crippen molar-refractivity contribution in [2.75, 3.05) is 13.1 Å². The highest BCUT2D eigenvalue weighted by Gasteiger charge is 2.42. The molecule has 1 aliphatic rings. The van der Waals surface area contributed by atoms with E-state index >= 15 is 0 Å². The average molecular weight is 273 g/mol. The van der Waals surface area contributed by atoms with Crippen LogP contribution in [0, 0.1) is 11.8 Å². The summed E-state index contributed by atoms with van der Waals surface area (Å²) in [6.07, 6.45) is 1.42. The molecule has 18 heavy (non-hydrogen) atoms. The second-order valence-corrected chi connectivity index (χ2v) is 6.39. The monoisotopic (exact) mass is 273 g/mol. The first-order valence-corrected chi connectivity index (χ1v) is 6.99. The van der Waals surface area contributed by atoms with E-state index in [0.717, 1.165) is 0 Å². The highest BCUT2D eigenvalue weighted by Crippen LogP contribution is 2.29. The fraction of sp³-hybridized carbons (Fsp3) is 0.600. The van der Waals surface area contributed by atoms with E-state index in [-0.39, 0.29) is 24.0 Å². The number of aryl methyl sites for hydroxylation is 1. The second-order valence-electron chi connectivity index (χ2n) is 4.50. The molecular weight excluding hydrogens is 258 g/mol. The molecule has 0 spiro atoms. The molecule has 1 unspecified atom stereocenters. The topological polar surface area (TPSA) is 92.5 Å². The Labute approximate surface area is 105 Å². The fourth-order valence-electron chi connectivity index (χ4n) is 1.93. The van der Waals surface area contributed by atoms with Gasteiger partial charge in [0.15, 0.2) is 5.03 Å². The van der Waals surface area contributed by atoms with Gasteiger partial charge >= 0.3 is 5.97 Å². The van der Waals surface area contributed by atoms with Crippen molar-refractivity contribution in [3.63, 3.8) is 0 Å². The SMILES string of the molecule is CC(C(=O)O)C1CN(S(=O)(=O)c2ccnn2C)C1. The molecule has 2 rings (SSSR count). The molecule has 1 aromatic rings. The van der Waals surface area contributed by atoms with E-state index in [9.17, 15) is 13.2 Å². The maximum atomic E-state index is 12.2. The number of carboxylic acids is 1.